The summed E-state index contributed by atoms with van der Waals surface area (Å²) in [6, 6.07) is 8.52. The molecule has 10 heteroatoms. The highest BCUT2D eigenvalue weighted by molar-refractivity contribution is 7.99. The van der Waals surface area contributed by atoms with E-state index >= 15 is 0 Å². The first-order chi connectivity index (χ1) is 13.7. The van der Waals surface area contributed by atoms with Crippen LogP contribution >= 0.6 is 11.8 Å². The van der Waals surface area contributed by atoms with Crippen LogP contribution in [0, 0.1) is 18.6 Å². The first-order valence-corrected chi connectivity index (χ1v) is 11.2. The number of halogens is 2. The molecule has 0 aliphatic rings. The lowest BCUT2D eigenvalue weighted by Gasteiger charge is -2.10. The highest BCUT2D eigenvalue weighted by atomic mass is 32.2. The highest BCUT2D eigenvalue weighted by Gasteiger charge is 2.16. The van der Waals surface area contributed by atoms with Crippen LogP contribution in [0.25, 0.3) is 0 Å². The molecule has 0 aromatic heterocycles. The van der Waals surface area contributed by atoms with Crippen LogP contribution in [0.2, 0.25) is 0 Å². The first kappa shape index (κ1) is 23.1. The Morgan fingerprint density at radius 3 is 2.34 bits per heavy atom. The van der Waals surface area contributed by atoms with Crippen LogP contribution in [0.4, 0.5) is 8.78 Å². The summed E-state index contributed by atoms with van der Waals surface area (Å²) in [5.41, 5.74) is 0.943. The Morgan fingerprint density at radius 2 is 1.76 bits per heavy atom. The molecule has 0 radical (unpaired) electrons. The molecule has 0 aliphatic carbocycles. The average molecular weight is 446 g/mol. The molecular weight excluding hydrogens is 424 g/mol. The standard InChI is InChI=1S/C19H21F2NO5S2/c1-3-26-18(23)12-27-19-16(20)10-14(11-17(19)21)28-9-8-22-29(24,25)15-6-4-13(2)5-7-15/h4-7,10-11,22H,3,8-9,12H2,1-2H3. The van der Waals surface area contributed by atoms with E-state index in [-0.39, 0.29) is 28.7 Å². The summed E-state index contributed by atoms with van der Waals surface area (Å²) in [5, 5.41) is 0. The van der Waals surface area contributed by atoms with Gasteiger partial charge >= 0.3 is 5.97 Å². The second-order valence-electron chi connectivity index (χ2n) is 5.87. The minimum Gasteiger partial charge on any atom is -0.476 e. The van der Waals surface area contributed by atoms with Gasteiger partial charge in [-0.15, -0.1) is 11.8 Å². The second-order valence-corrected chi connectivity index (χ2v) is 8.80. The second kappa shape index (κ2) is 10.6. The van der Waals surface area contributed by atoms with Crippen molar-refractivity contribution in [2.45, 2.75) is 23.6 Å². The topological polar surface area (TPSA) is 81.7 Å². The van der Waals surface area contributed by atoms with Gasteiger partial charge in [0.05, 0.1) is 11.5 Å². The Bertz CT molecular complexity index is 927. The maximum Gasteiger partial charge on any atom is 0.344 e. The van der Waals surface area contributed by atoms with Gasteiger partial charge in [-0.1, -0.05) is 17.7 Å². The van der Waals surface area contributed by atoms with Crippen LogP contribution in [0.3, 0.4) is 0 Å². The van der Waals surface area contributed by atoms with Crippen LogP contribution in [0.5, 0.6) is 5.75 Å². The molecule has 0 spiro atoms. The Kier molecular flexibility index (Phi) is 8.42. The first-order valence-electron chi connectivity index (χ1n) is 8.69. The zero-order valence-corrected chi connectivity index (χ0v) is 17.5. The predicted molar refractivity (Wildman–Crippen MR) is 106 cm³/mol. The third-order valence-electron chi connectivity index (χ3n) is 3.61. The number of hydrogen-bond acceptors (Lipinski definition) is 6. The third kappa shape index (κ3) is 6.98. The molecule has 0 heterocycles. The van der Waals surface area contributed by atoms with Gasteiger partial charge in [0.15, 0.2) is 24.0 Å². The van der Waals surface area contributed by atoms with E-state index in [9.17, 15) is 22.0 Å². The Balaban J connectivity index is 1.89. The van der Waals surface area contributed by atoms with E-state index in [0.717, 1.165) is 29.5 Å². The zero-order valence-electron chi connectivity index (χ0n) is 15.9. The molecule has 0 fully saturated rings. The summed E-state index contributed by atoms with van der Waals surface area (Å²) in [5.74, 6) is -3.06. The van der Waals surface area contributed by atoms with Gasteiger partial charge in [0.25, 0.3) is 0 Å². The maximum absolute atomic E-state index is 14.1. The van der Waals surface area contributed by atoms with Gasteiger partial charge in [-0.3, -0.25) is 0 Å². The molecule has 0 amide bonds. The molecule has 158 valence electrons. The smallest absolute Gasteiger partial charge is 0.344 e. The van der Waals surface area contributed by atoms with Gasteiger partial charge in [0.1, 0.15) is 0 Å². The number of aryl methyl sites for hydroxylation is 1. The number of esters is 1. The van der Waals surface area contributed by atoms with Gasteiger partial charge in [-0.2, -0.15) is 0 Å². The minimum absolute atomic E-state index is 0.0746. The quantitative estimate of drug-likeness (QED) is 0.343. The third-order valence-corrected chi connectivity index (χ3v) is 6.06. The molecule has 0 saturated heterocycles. The molecule has 0 bridgehead atoms. The molecular formula is C19H21F2NO5S2. The number of nitrogens with one attached hydrogen (secondary N) is 1. The van der Waals surface area contributed by atoms with Crippen LogP contribution in [0.15, 0.2) is 46.2 Å². The van der Waals surface area contributed by atoms with Crippen molar-refractivity contribution < 1.29 is 31.5 Å². The van der Waals surface area contributed by atoms with Gasteiger partial charge in [-0.05, 0) is 38.1 Å². The molecule has 0 aliphatic heterocycles. The number of carbonyl (C=O) groups excluding carboxylic acids is 1. The largest absolute Gasteiger partial charge is 0.476 e. The lowest BCUT2D eigenvalue weighted by atomic mass is 10.2. The average Bonchev–Trinajstić information content (AvgIpc) is 2.65. The highest BCUT2D eigenvalue weighted by Crippen LogP contribution is 2.28. The van der Waals surface area contributed by atoms with Crippen LogP contribution in [-0.4, -0.2) is 39.9 Å². The van der Waals surface area contributed by atoms with Crippen molar-refractivity contribution in [3.63, 3.8) is 0 Å². The summed E-state index contributed by atoms with van der Waals surface area (Å²) >= 11 is 1.07. The van der Waals surface area contributed by atoms with Crippen molar-refractivity contribution in [2.75, 3.05) is 25.5 Å². The number of rotatable bonds is 10. The molecule has 2 aromatic rings. The zero-order chi connectivity index (χ0) is 21.4. The molecule has 2 rings (SSSR count). The van der Waals surface area contributed by atoms with E-state index in [1.54, 1.807) is 19.1 Å². The lowest BCUT2D eigenvalue weighted by Crippen LogP contribution is -2.26. The van der Waals surface area contributed by atoms with Gasteiger partial charge in [-0.25, -0.2) is 26.7 Å². The van der Waals surface area contributed by atoms with Crippen LogP contribution in [0.1, 0.15) is 12.5 Å². The van der Waals surface area contributed by atoms with Gasteiger partial charge in [0, 0.05) is 17.2 Å². The van der Waals surface area contributed by atoms with Gasteiger partial charge in [0.2, 0.25) is 10.0 Å². The van der Waals surface area contributed by atoms with E-state index in [1.165, 1.54) is 12.1 Å². The number of benzene rings is 2. The van der Waals surface area contributed by atoms with Crippen molar-refractivity contribution >= 4 is 27.8 Å². The molecule has 6 nitrogen and oxygen atoms in total. The van der Waals surface area contributed by atoms with Gasteiger partial charge < -0.3 is 9.47 Å². The number of sulfonamides is 1. The number of ether oxygens (including phenoxy) is 2. The van der Waals surface area contributed by atoms with Crippen molar-refractivity contribution in [3.05, 3.63) is 53.6 Å². The van der Waals surface area contributed by atoms with E-state index in [2.05, 4.69) is 9.46 Å². The Labute approximate surface area is 172 Å². The van der Waals surface area contributed by atoms with E-state index in [0.29, 0.717) is 0 Å². The SMILES string of the molecule is CCOC(=O)COc1c(F)cc(SCCNS(=O)(=O)c2ccc(C)cc2)cc1F. The summed E-state index contributed by atoms with van der Waals surface area (Å²) < 4.78 is 64.4. The number of carbonyl (C=O) groups is 1. The normalized spacial score (nSPS) is 11.3. The van der Waals surface area contributed by atoms with E-state index in [4.69, 9.17) is 4.74 Å². The summed E-state index contributed by atoms with van der Waals surface area (Å²) in [4.78, 5) is 11.6. The Morgan fingerprint density at radius 1 is 1.14 bits per heavy atom. The van der Waals surface area contributed by atoms with Crippen LogP contribution < -0.4 is 9.46 Å². The summed E-state index contributed by atoms with van der Waals surface area (Å²) in [6.45, 7) is 3.06. The Hall–Kier alpha value is -2.17. The van der Waals surface area contributed by atoms with E-state index < -0.39 is 40.0 Å². The predicted octanol–water partition coefficient (Wildman–Crippen LogP) is 3.29. The monoisotopic (exact) mass is 445 g/mol. The van der Waals surface area contributed by atoms with Crippen LogP contribution in [-0.2, 0) is 19.6 Å². The molecule has 0 atom stereocenters. The fourth-order valence-corrected chi connectivity index (χ4v) is 4.21. The van der Waals surface area contributed by atoms with Crippen molar-refractivity contribution in [1.82, 2.24) is 4.72 Å². The fraction of sp³-hybridized carbons (Fsp3) is 0.316. The molecule has 0 unspecified atom stereocenters. The molecule has 1 N–H and O–H groups in total. The molecule has 2 aromatic carbocycles. The molecule has 0 saturated carbocycles. The maximum atomic E-state index is 14.1. The lowest BCUT2D eigenvalue weighted by molar-refractivity contribution is -0.145. The fourth-order valence-electron chi connectivity index (χ4n) is 2.24. The van der Waals surface area contributed by atoms with Crippen molar-refractivity contribution in [3.8, 4) is 5.75 Å². The molecule has 29 heavy (non-hydrogen) atoms. The van der Waals surface area contributed by atoms with Crippen molar-refractivity contribution in [1.29, 1.82) is 0 Å². The summed E-state index contributed by atoms with van der Waals surface area (Å²) in [6.07, 6.45) is 0. The van der Waals surface area contributed by atoms with Crippen molar-refractivity contribution in [2.24, 2.45) is 0 Å². The summed E-state index contributed by atoms with van der Waals surface area (Å²) in [7, 11) is -3.65. The number of hydrogen-bond donors (Lipinski definition) is 1. The van der Waals surface area contributed by atoms with E-state index in [1.807, 2.05) is 6.92 Å². The minimum atomic E-state index is -3.65. The number of thioether (sulfide) groups is 1.